The van der Waals surface area contributed by atoms with Crippen LogP contribution in [0.15, 0.2) is 0 Å². The highest BCUT2D eigenvalue weighted by Crippen LogP contribution is 2.17. The molecule has 0 aromatic rings. The monoisotopic (exact) mass is 216 g/mol. The van der Waals surface area contributed by atoms with E-state index in [9.17, 15) is 4.79 Å². The molecule has 2 unspecified atom stereocenters. The molecule has 0 aromatic carbocycles. The second-order valence-corrected chi connectivity index (χ2v) is 3.85. The van der Waals surface area contributed by atoms with Crippen molar-refractivity contribution in [3.63, 3.8) is 0 Å². The first kappa shape index (κ1) is 12.4. The molecular weight excluding hydrogens is 196 g/mol. The molecule has 1 rings (SSSR count). The zero-order valence-electron chi connectivity index (χ0n) is 9.44. The minimum atomic E-state index is -0.494. The Balaban J connectivity index is 2.42. The zero-order valence-corrected chi connectivity index (χ0v) is 9.44. The maximum Gasteiger partial charge on any atom is 0.253 e. The lowest BCUT2D eigenvalue weighted by molar-refractivity contribution is -0.140. The van der Waals surface area contributed by atoms with Gasteiger partial charge in [-0.3, -0.25) is 4.79 Å². The van der Waals surface area contributed by atoms with Crippen LogP contribution >= 0.6 is 0 Å². The van der Waals surface area contributed by atoms with Crippen LogP contribution in [0.4, 0.5) is 0 Å². The Morgan fingerprint density at radius 2 is 2.33 bits per heavy atom. The molecule has 5 nitrogen and oxygen atoms in total. The van der Waals surface area contributed by atoms with E-state index in [1.54, 1.807) is 7.11 Å². The molecule has 1 saturated heterocycles. The Labute approximate surface area is 90.5 Å². The Bertz CT molecular complexity index is 207. The molecule has 0 aromatic heterocycles. The highest BCUT2D eigenvalue weighted by Gasteiger charge is 2.30. The highest BCUT2D eigenvalue weighted by atomic mass is 16.5. The Hall–Kier alpha value is -0.650. The van der Waals surface area contributed by atoms with Crippen LogP contribution in [0.25, 0.3) is 0 Å². The van der Waals surface area contributed by atoms with Crippen molar-refractivity contribution in [2.75, 3.05) is 40.5 Å². The summed E-state index contributed by atoms with van der Waals surface area (Å²) in [4.78, 5) is 13.6. The first-order chi connectivity index (χ1) is 7.22. The Kier molecular flexibility index (Phi) is 5.01. The molecule has 2 N–H and O–H groups in total. The van der Waals surface area contributed by atoms with Crippen molar-refractivity contribution < 1.29 is 14.3 Å². The minimum absolute atomic E-state index is 0.00129. The number of methoxy groups -OCH3 is 2. The lowest BCUT2D eigenvalue weighted by Crippen LogP contribution is -2.42. The molecular formula is C10H20N2O3. The average molecular weight is 216 g/mol. The fraction of sp³-hybridized carbons (Fsp3) is 0.900. The third kappa shape index (κ3) is 3.15. The van der Waals surface area contributed by atoms with Gasteiger partial charge in [-0.05, 0) is 6.42 Å². The van der Waals surface area contributed by atoms with E-state index in [0.29, 0.717) is 12.5 Å². The predicted molar refractivity (Wildman–Crippen MR) is 56.4 cm³/mol. The number of carbonyl (C=O) groups is 1. The number of nitrogens with two attached hydrogens (primary N) is 1. The molecule has 1 aliphatic rings. The molecule has 15 heavy (non-hydrogen) atoms. The van der Waals surface area contributed by atoms with Crippen molar-refractivity contribution in [2.24, 2.45) is 11.7 Å². The lowest BCUT2D eigenvalue weighted by atomic mass is 10.1. The van der Waals surface area contributed by atoms with E-state index in [2.05, 4.69) is 0 Å². The molecule has 0 radical (unpaired) electrons. The summed E-state index contributed by atoms with van der Waals surface area (Å²) in [6, 6.07) is 0. The van der Waals surface area contributed by atoms with Crippen molar-refractivity contribution in [1.82, 2.24) is 4.90 Å². The van der Waals surface area contributed by atoms with E-state index >= 15 is 0 Å². The Morgan fingerprint density at radius 1 is 1.60 bits per heavy atom. The summed E-state index contributed by atoms with van der Waals surface area (Å²) in [5.41, 5.74) is 5.45. The average Bonchev–Trinajstić information content (AvgIpc) is 2.68. The van der Waals surface area contributed by atoms with Gasteiger partial charge in [-0.2, -0.15) is 0 Å². The largest absolute Gasteiger partial charge is 0.384 e. The van der Waals surface area contributed by atoms with Crippen LogP contribution in [-0.2, 0) is 14.3 Å². The lowest BCUT2D eigenvalue weighted by Gasteiger charge is -2.21. The van der Waals surface area contributed by atoms with Gasteiger partial charge in [-0.25, -0.2) is 0 Å². The van der Waals surface area contributed by atoms with Gasteiger partial charge < -0.3 is 20.1 Å². The quantitative estimate of drug-likeness (QED) is 0.670. The van der Waals surface area contributed by atoms with Crippen LogP contribution in [0.3, 0.4) is 0 Å². The van der Waals surface area contributed by atoms with Crippen LogP contribution in [0, 0.1) is 5.92 Å². The van der Waals surface area contributed by atoms with Gasteiger partial charge in [-0.1, -0.05) is 0 Å². The summed E-state index contributed by atoms with van der Waals surface area (Å²) < 4.78 is 10.1. The maximum absolute atomic E-state index is 11.8. The number of amides is 1. The SMILES string of the molecule is COCC1CCN(C(=O)C(CN)OC)C1. The first-order valence-corrected chi connectivity index (χ1v) is 5.23. The van der Waals surface area contributed by atoms with Crippen LogP contribution in [0.5, 0.6) is 0 Å². The van der Waals surface area contributed by atoms with Gasteiger partial charge in [0.1, 0.15) is 6.10 Å². The summed E-state index contributed by atoms with van der Waals surface area (Å²) in [7, 11) is 3.19. The summed E-state index contributed by atoms with van der Waals surface area (Å²) in [5, 5.41) is 0. The van der Waals surface area contributed by atoms with Gasteiger partial charge in [0.25, 0.3) is 5.91 Å². The number of likely N-dealkylation sites (tertiary alicyclic amines) is 1. The van der Waals surface area contributed by atoms with Crippen molar-refractivity contribution in [3.05, 3.63) is 0 Å². The van der Waals surface area contributed by atoms with E-state index in [1.165, 1.54) is 7.11 Å². The van der Waals surface area contributed by atoms with Gasteiger partial charge in [0.2, 0.25) is 0 Å². The second-order valence-electron chi connectivity index (χ2n) is 3.85. The van der Waals surface area contributed by atoms with E-state index in [4.69, 9.17) is 15.2 Å². The molecule has 0 bridgehead atoms. The van der Waals surface area contributed by atoms with Crippen molar-refractivity contribution >= 4 is 5.91 Å². The van der Waals surface area contributed by atoms with Gasteiger partial charge in [0, 0.05) is 39.8 Å². The standard InChI is InChI=1S/C10H20N2O3/c1-14-7-8-3-4-12(6-8)10(13)9(5-11)15-2/h8-9H,3-7,11H2,1-2H3. The Morgan fingerprint density at radius 3 is 2.87 bits per heavy atom. The fourth-order valence-corrected chi connectivity index (χ4v) is 1.91. The minimum Gasteiger partial charge on any atom is -0.384 e. The summed E-state index contributed by atoms with van der Waals surface area (Å²) in [5.74, 6) is 0.452. The molecule has 88 valence electrons. The fourth-order valence-electron chi connectivity index (χ4n) is 1.91. The van der Waals surface area contributed by atoms with Gasteiger partial charge >= 0.3 is 0 Å². The predicted octanol–water partition coefficient (Wildman–Crippen LogP) is -0.545. The summed E-state index contributed by atoms with van der Waals surface area (Å²) >= 11 is 0. The summed E-state index contributed by atoms with van der Waals surface area (Å²) in [6.45, 7) is 2.49. The second kappa shape index (κ2) is 6.05. The van der Waals surface area contributed by atoms with Gasteiger partial charge in [0.05, 0.1) is 6.61 Å². The topological polar surface area (TPSA) is 64.8 Å². The smallest absolute Gasteiger partial charge is 0.253 e. The molecule has 5 heteroatoms. The van der Waals surface area contributed by atoms with E-state index in [-0.39, 0.29) is 12.5 Å². The molecule has 1 heterocycles. The van der Waals surface area contributed by atoms with Crippen LogP contribution in [0.1, 0.15) is 6.42 Å². The van der Waals surface area contributed by atoms with Crippen LogP contribution in [-0.4, -0.2) is 57.4 Å². The van der Waals surface area contributed by atoms with E-state index in [1.807, 2.05) is 4.90 Å². The third-order valence-electron chi connectivity index (χ3n) is 2.77. The molecule has 0 spiro atoms. The molecule has 2 atom stereocenters. The van der Waals surface area contributed by atoms with E-state index < -0.39 is 6.10 Å². The van der Waals surface area contributed by atoms with Crippen LogP contribution < -0.4 is 5.73 Å². The van der Waals surface area contributed by atoms with Crippen molar-refractivity contribution in [3.8, 4) is 0 Å². The maximum atomic E-state index is 11.8. The first-order valence-electron chi connectivity index (χ1n) is 5.23. The van der Waals surface area contributed by atoms with Crippen molar-refractivity contribution in [2.45, 2.75) is 12.5 Å². The number of hydrogen-bond donors (Lipinski definition) is 1. The number of ether oxygens (including phenoxy) is 2. The number of hydrogen-bond acceptors (Lipinski definition) is 4. The van der Waals surface area contributed by atoms with Gasteiger partial charge in [0.15, 0.2) is 0 Å². The number of nitrogens with zero attached hydrogens (tertiary/aromatic N) is 1. The van der Waals surface area contributed by atoms with Crippen molar-refractivity contribution in [1.29, 1.82) is 0 Å². The number of rotatable bonds is 5. The molecule has 0 aliphatic carbocycles. The normalized spacial score (nSPS) is 23.1. The molecule has 0 saturated carbocycles. The summed E-state index contributed by atoms with van der Waals surface area (Å²) in [6.07, 6.45) is 0.506. The van der Waals surface area contributed by atoms with Gasteiger partial charge in [-0.15, -0.1) is 0 Å². The van der Waals surface area contributed by atoms with Crippen LogP contribution in [0.2, 0.25) is 0 Å². The molecule has 1 fully saturated rings. The molecule has 1 amide bonds. The molecule has 1 aliphatic heterocycles. The number of carbonyl (C=O) groups excluding carboxylic acids is 1. The van der Waals surface area contributed by atoms with E-state index in [0.717, 1.165) is 19.5 Å². The highest BCUT2D eigenvalue weighted by molar-refractivity contribution is 5.81. The third-order valence-corrected chi connectivity index (χ3v) is 2.77. The zero-order chi connectivity index (χ0) is 11.3.